The Kier molecular flexibility index (Phi) is 8.32. The molecule has 1 N–H and O–H groups in total. The first-order chi connectivity index (χ1) is 8.36. The maximum atomic E-state index is 3.37. The van der Waals surface area contributed by atoms with E-state index in [1.165, 1.54) is 37.2 Å². The van der Waals surface area contributed by atoms with E-state index in [1.54, 1.807) is 0 Å². The first-order valence-corrected chi connectivity index (χ1v) is 7.70. The highest BCUT2D eigenvalue weighted by Crippen LogP contribution is 2.12. The number of thiophene rings is 1. The average molecular weight is 254 g/mol. The normalized spacial score (nSPS) is 11.2. The topological polar surface area (TPSA) is 15.3 Å². The molecule has 17 heavy (non-hydrogen) atoms. The summed E-state index contributed by atoms with van der Waals surface area (Å²) in [5.74, 6) is 0. The van der Waals surface area contributed by atoms with E-state index in [1.807, 2.05) is 11.3 Å². The average Bonchev–Trinajstić information content (AvgIpc) is 2.85. The van der Waals surface area contributed by atoms with Crippen LogP contribution in [0.3, 0.4) is 0 Å². The Morgan fingerprint density at radius 1 is 1.24 bits per heavy atom. The summed E-state index contributed by atoms with van der Waals surface area (Å²) >= 11 is 1.87. The SMILES string of the molecule is CCNCCCCCN(CC)Cc1cccs1. The molecule has 98 valence electrons. The minimum atomic E-state index is 1.10. The molecule has 0 spiro atoms. The fraction of sp³-hybridized carbons (Fsp3) is 0.714. The van der Waals surface area contributed by atoms with Crippen molar-refractivity contribution in [3.63, 3.8) is 0 Å². The van der Waals surface area contributed by atoms with Gasteiger partial charge in [-0.25, -0.2) is 0 Å². The second kappa shape index (κ2) is 9.63. The zero-order valence-electron chi connectivity index (χ0n) is 11.2. The van der Waals surface area contributed by atoms with Crippen molar-refractivity contribution < 1.29 is 0 Å². The Hall–Kier alpha value is -0.380. The zero-order valence-corrected chi connectivity index (χ0v) is 12.1. The predicted molar refractivity (Wildman–Crippen MR) is 77.7 cm³/mol. The van der Waals surface area contributed by atoms with E-state index in [-0.39, 0.29) is 0 Å². The van der Waals surface area contributed by atoms with Gasteiger partial charge in [-0.1, -0.05) is 26.3 Å². The fourth-order valence-electron chi connectivity index (χ4n) is 1.91. The lowest BCUT2D eigenvalue weighted by Gasteiger charge is -2.19. The standard InChI is InChI=1S/C14H26N2S/c1-3-15-10-6-5-7-11-16(4-2)13-14-9-8-12-17-14/h8-9,12,15H,3-7,10-11,13H2,1-2H3. The summed E-state index contributed by atoms with van der Waals surface area (Å²) in [4.78, 5) is 4.03. The van der Waals surface area contributed by atoms with Crippen molar-refractivity contribution in [1.29, 1.82) is 0 Å². The molecule has 0 atom stereocenters. The minimum absolute atomic E-state index is 1.10. The van der Waals surface area contributed by atoms with E-state index in [0.29, 0.717) is 0 Å². The van der Waals surface area contributed by atoms with Crippen LogP contribution in [0.15, 0.2) is 17.5 Å². The number of hydrogen-bond donors (Lipinski definition) is 1. The summed E-state index contributed by atoms with van der Waals surface area (Å²) in [6, 6.07) is 4.38. The summed E-state index contributed by atoms with van der Waals surface area (Å²) in [5, 5.41) is 5.54. The Balaban J connectivity index is 2.06. The van der Waals surface area contributed by atoms with Gasteiger partial charge >= 0.3 is 0 Å². The molecule has 0 amide bonds. The van der Waals surface area contributed by atoms with E-state index in [4.69, 9.17) is 0 Å². The van der Waals surface area contributed by atoms with Crippen LogP contribution in [0.25, 0.3) is 0 Å². The molecule has 0 radical (unpaired) electrons. The Bertz CT molecular complexity index is 259. The van der Waals surface area contributed by atoms with Crippen molar-refractivity contribution in [2.24, 2.45) is 0 Å². The third kappa shape index (κ3) is 6.81. The summed E-state index contributed by atoms with van der Waals surface area (Å²) in [5.41, 5.74) is 0. The molecular formula is C14H26N2S. The molecule has 1 aromatic rings. The molecule has 2 nitrogen and oxygen atoms in total. The lowest BCUT2D eigenvalue weighted by atomic mass is 10.2. The van der Waals surface area contributed by atoms with Gasteiger partial charge in [0.15, 0.2) is 0 Å². The lowest BCUT2D eigenvalue weighted by molar-refractivity contribution is 0.275. The van der Waals surface area contributed by atoms with Crippen LogP contribution in [0.4, 0.5) is 0 Å². The first kappa shape index (κ1) is 14.7. The molecule has 0 unspecified atom stereocenters. The zero-order chi connectivity index (χ0) is 12.3. The van der Waals surface area contributed by atoms with E-state index in [9.17, 15) is 0 Å². The van der Waals surface area contributed by atoms with Crippen LogP contribution in [0, 0.1) is 0 Å². The van der Waals surface area contributed by atoms with Crippen LogP contribution >= 0.6 is 11.3 Å². The van der Waals surface area contributed by atoms with Gasteiger partial charge in [0, 0.05) is 11.4 Å². The first-order valence-electron chi connectivity index (χ1n) is 6.82. The smallest absolute Gasteiger partial charge is 0.0327 e. The van der Waals surface area contributed by atoms with Crippen molar-refractivity contribution in [2.45, 2.75) is 39.7 Å². The van der Waals surface area contributed by atoms with E-state index in [0.717, 1.165) is 19.6 Å². The van der Waals surface area contributed by atoms with Crippen molar-refractivity contribution in [2.75, 3.05) is 26.2 Å². The maximum absolute atomic E-state index is 3.37. The molecule has 1 aromatic heterocycles. The molecule has 1 rings (SSSR count). The highest BCUT2D eigenvalue weighted by atomic mass is 32.1. The number of nitrogens with one attached hydrogen (secondary N) is 1. The summed E-state index contributed by atoms with van der Waals surface area (Å²) in [7, 11) is 0. The van der Waals surface area contributed by atoms with Gasteiger partial charge in [-0.15, -0.1) is 11.3 Å². The van der Waals surface area contributed by atoms with Crippen LogP contribution in [0.1, 0.15) is 38.0 Å². The van der Waals surface area contributed by atoms with Crippen LogP contribution in [-0.4, -0.2) is 31.1 Å². The number of nitrogens with zero attached hydrogens (tertiary/aromatic N) is 1. The summed E-state index contributed by atoms with van der Waals surface area (Å²) in [6.45, 7) is 10.2. The molecular weight excluding hydrogens is 228 g/mol. The Morgan fingerprint density at radius 3 is 2.76 bits per heavy atom. The van der Waals surface area contributed by atoms with Crippen LogP contribution < -0.4 is 5.32 Å². The van der Waals surface area contributed by atoms with Crippen molar-refractivity contribution in [3.05, 3.63) is 22.4 Å². The van der Waals surface area contributed by atoms with Gasteiger partial charge in [-0.2, -0.15) is 0 Å². The summed E-state index contributed by atoms with van der Waals surface area (Å²) < 4.78 is 0. The van der Waals surface area contributed by atoms with Crippen molar-refractivity contribution in [1.82, 2.24) is 10.2 Å². The highest BCUT2D eigenvalue weighted by molar-refractivity contribution is 7.09. The largest absolute Gasteiger partial charge is 0.317 e. The molecule has 1 heterocycles. The molecule has 0 fully saturated rings. The number of rotatable bonds is 10. The second-order valence-corrected chi connectivity index (χ2v) is 5.39. The second-order valence-electron chi connectivity index (χ2n) is 4.36. The Morgan fingerprint density at radius 2 is 2.12 bits per heavy atom. The molecule has 0 aromatic carbocycles. The van der Waals surface area contributed by atoms with Crippen LogP contribution in [0.2, 0.25) is 0 Å². The van der Waals surface area contributed by atoms with Crippen molar-refractivity contribution >= 4 is 11.3 Å². The number of hydrogen-bond acceptors (Lipinski definition) is 3. The van der Waals surface area contributed by atoms with Gasteiger partial charge in [-0.05, 0) is 50.5 Å². The third-order valence-corrected chi connectivity index (χ3v) is 3.85. The van der Waals surface area contributed by atoms with Crippen LogP contribution in [0.5, 0.6) is 0 Å². The van der Waals surface area contributed by atoms with Gasteiger partial charge in [0.05, 0.1) is 0 Å². The molecule has 0 saturated heterocycles. The van der Waals surface area contributed by atoms with Gasteiger partial charge in [0.2, 0.25) is 0 Å². The predicted octanol–water partition coefficient (Wildman–Crippen LogP) is 3.35. The monoisotopic (exact) mass is 254 g/mol. The molecule has 0 aliphatic heterocycles. The highest BCUT2D eigenvalue weighted by Gasteiger charge is 2.03. The van der Waals surface area contributed by atoms with Crippen molar-refractivity contribution in [3.8, 4) is 0 Å². The molecule has 0 saturated carbocycles. The molecule has 0 bridgehead atoms. The Labute approximate surface area is 110 Å². The third-order valence-electron chi connectivity index (χ3n) is 2.98. The quantitative estimate of drug-likeness (QED) is 0.644. The van der Waals surface area contributed by atoms with Gasteiger partial charge in [0.1, 0.15) is 0 Å². The fourth-order valence-corrected chi connectivity index (χ4v) is 2.66. The lowest BCUT2D eigenvalue weighted by Crippen LogP contribution is -2.23. The van der Waals surface area contributed by atoms with Gasteiger partial charge < -0.3 is 5.32 Å². The van der Waals surface area contributed by atoms with E-state index < -0.39 is 0 Å². The number of unbranched alkanes of at least 4 members (excludes halogenated alkanes) is 2. The minimum Gasteiger partial charge on any atom is -0.317 e. The van der Waals surface area contributed by atoms with Gasteiger partial charge in [-0.3, -0.25) is 4.90 Å². The van der Waals surface area contributed by atoms with Crippen LogP contribution in [-0.2, 0) is 6.54 Å². The maximum Gasteiger partial charge on any atom is 0.0327 e. The van der Waals surface area contributed by atoms with E-state index in [2.05, 4.69) is 41.6 Å². The molecule has 3 heteroatoms. The van der Waals surface area contributed by atoms with E-state index >= 15 is 0 Å². The molecule has 0 aliphatic carbocycles. The summed E-state index contributed by atoms with van der Waals surface area (Å²) in [6.07, 6.45) is 3.98. The van der Waals surface area contributed by atoms with Gasteiger partial charge in [0.25, 0.3) is 0 Å². The molecule has 0 aliphatic rings.